The number of methoxy groups -OCH3 is 1. The van der Waals surface area contributed by atoms with Gasteiger partial charge >= 0.3 is 0 Å². The Hall–Kier alpha value is -8.54. The molecular weight excluding hydrogens is 1030 g/mol. The van der Waals surface area contributed by atoms with Crippen LogP contribution in [0.25, 0.3) is 0 Å². The molecule has 424 valence electrons. The molecule has 0 radical (unpaired) electrons. The van der Waals surface area contributed by atoms with E-state index in [1.165, 1.54) is 24.8 Å². The Morgan fingerprint density at radius 1 is 0.679 bits per heavy atom. The highest BCUT2D eigenvalue weighted by molar-refractivity contribution is 6.03. The second-order valence-corrected chi connectivity index (χ2v) is 22.2. The molecule has 2 spiro atoms. The number of nitrogens with zero attached hydrogens (tertiary/aromatic N) is 15. The smallest absolute Gasteiger partial charge is 0.247 e. The summed E-state index contributed by atoms with van der Waals surface area (Å²) in [4.78, 5) is 79.2. The molecule has 1 unspecified atom stereocenters. The summed E-state index contributed by atoms with van der Waals surface area (Å²) in [5.74, 6) is 2.13. The number of ether oxygens (including phenoxy) is 2. The Morgan fingerprint density at radius 2 is 1.23 bits per heavy atom. The summed E-state index contributed by atoms with van der Waals surface area (Å²) in [6, 6.07) is 15.7. The van der Waals surface area contributed by atoms with Crippen molar-refractivity contribution in [3.8, 4) is 11.5 Å². The lowest BCUT2D eigenvalue weighted by molar-refractivity contribution is -0.112. The quantitative estimate of drug-likeness (QED) is 0.0532. The molecule has 7 heterocycles. The summed E-state index contributed by atoms with van der Waals surface area (Å²) >= 11 is 0. The summed E-state index contributed by atoms with van der Waals surface area (Å²) in [5, 5.41) is 12.8. The molecule has 4 aliphatic rings. The minimum atomic E-state index is -0.346. The number of hydrogen-bond donors (Lipinski definition) is 4. The molecule has 4 N–H and O–H groups in total. The molecule has 81 heavy (non-hydrogen) atoms. The van der Waals surface area contributed by atoms with Gasteiger partial charge in [-0.05, 0) is 122 Å². The van der Waals surface area contributed by atoms with Crippen LogP contribution in [-0.4, -0.2) is 182 Å². The van der Waals surface area contributed by atoms with Crippen molar-refractivity contribution in [3.05, 3.63) is 110 Å². The van der Waals surface area contributed by atoms with Gasteiger partial charge in [-0.1, -0.05) is 13.2 Å². The molecule has 2 aromatic carbocycles. The Balaban J connectivity index is 0.898. The topological polar surface area (TPSA) is 227 Å². The lowest BCUT2D eigenvalue weighted by atomic mass is 9.61. The third-order valence-electron chi connectivity index (χ3n) is 15.7. The second-order valence-electron chi connectivity index (χ2n) is 22.2. The van der Waals surface area contributed by atoms with Crippen molar-refractivity contribution in [3.63, 3.8) is 0 Å². The number of nitrogens with one attached hydrogen (secondary N) is 4. The fourth-order valence-corrected chi connectivity index (χ4v) is 11.5. The molecule has 2 fully saturated rings. The highest BCUT2D eigenvalue weighted by atomic mass is 16.5. The molecule has 1 atom stereocenters. The van der Waals surface area contributed by atoms with Gasteiger partial charge in [-0.25, -0.2) is 19.9 Å². The molecule has 1 saturated heterocycles. The molecule has 6 aromatic rings. The predicted octanol–water partition coefficient (Wildman–Crippen LogP) is 6.50. The van der Waals surface area contributed by atoms with Crippen molar-refractivity contribution < 1.29 is 19.1 Å². The van der Waals surface area contributed by atoms with Crippen molar-refractivity contribution in [2.24, 2.45) is 5.92 Å². The number of hydrogen-bond acceptors (Lipinski definition) is 21. The number of aromatic nitrogens is 8. The van der Waals surface area contributed by atoms with E-state index in [0.29, 0.717) is 84.9 Å². The number of aryl methyl sites for hydroxylation is 1. The molecule has 0 bridgehead atoms. The molecule has 3 aliphatic heterocycles. The summed E-state index contributed by atoms with van der Waals surface area (Å²) in [5.41, 5.74) is 8.31. The number of anilines is 12. The number of amides is 2. The number of likely N-dealkylation sites (N-methyl/N-ethyl adjacent to an activating group) is 5. The lowest BCUT2D eigenvalue weighted by Crippen LogP contribution is -2.46. The van der Waals surface area contributed by atoms with Gasteiger partial charge in [-0.2, -0.15) is 9.97 Å². The first-order chi connectivity index (χ1) is 39.0. The normalized spacial score (nSPS) is 18.9. The predicted molar refractivity (Wildman–Crippen MR) is 318 cm³/mol. The van der Waals surface area contributed by atoms with E-state index in [9.17, 15) is 9.59 Å². The monoisotopic (exact) mass is 1100 g/mol. The van der Waals surface area contributed by atoms with Gasteiger partial charge in [-0.15, -0.1) is 0 Å². The van der Waals surface area contributed by atoms with Gasteiger partial charge < -0.3 is 65.0 Å². The largest absolute Gasteiger partial charge is 0.494 e. The molecule has 10 rings (SSSR count). The van der Waals surface area contributed by atoms with Crippen molar-refractivity contribution >= 4 is 81.1 Å². The SMILES string of the molecule is C=CC(=O)Nc1cc(Nc2ncnc(N3CC4(CC(COc5cc(N(C)CCN(C)C)c(NC(=O)C=C)cc5Nc5ncnc(N6CC7(CCN(C)C7)c7nc(C)ccc76)n5)C4)c4ncccc43)n2)c(OC)cc1N(C)CCN(C)C. The first kappa shape index (κ1) is 55.8. The van der Waals surface area contributed by atoms with Crippen LogP contribution < -0.4 is 50.3 Å². The lowest BCUT2D eigenvalue weighted by Gasteiger charge is -2.44. The Morgan fingerprint density at radius 3 is 1.78 bits per heavy atom. The van der Waals surface area contributed by atoms with Crippen molar-refractivity contribution in [2.75, 3.05) is 156 Å². The average Bonchev–Trinajstić information content (AvgIpc) is 4.14. The molecule has 1 aliphatic carbocycles. The van der Waals surface area contributed by atoms with Gasteiger partial charge in [0.05, 0.1) is 70.6 Å². The number of likely N-dealkylation sites (tertiary alicyclic amines) is 1. The van der Waals surface area contributed by atoms with E-state index in [4.69, 9.17) is 34.4 Å². The summed E-state index contributed by atoms with van der Waals surface area (Å²) in [7, 11) is 15.8. The molecule has 23 nitrogen and oxygen atoms in total. The highest BCUT2D eigenvalue weighted by Crippen LogP contribution is 2.56. The van der Waals surface area contributed by atoms with Crippen LogP contribution in [0.15, 0.2) is 92.7 Å². The zero-order chi connectivity index (χ0) is 57.2. The van der Waals surface area contributed by atoms with Crippen LogP contribution in [0.5, 0.6) is 11.5 Å². The first-order valence-electron chi connectivity index (χ1n) is 27.2. The molecule has 4 aromatic heterocycles. The van der Waals surface area contributed by atoms with Gasteiger partial charge in [-0.3, -0.25) is 19.6 Å². The van der Waals surface area contributed by atoms with Gasteiger partial charge in [0, 0.05) is 94.8 Å². The van der Waals surface area contributed by atoms with E-state index in [-0.39, 0.29) is 34.5 Å². The third-order valence-corrected chi connectivity index (χ3v) is 15.7. The second kappa shape index (κ2) is 23.3. The van der Waals surface area contributed by atoms with Gasteiger partial charge in [0.2, 0.25) is 35.6 Å². The van der Waals surface area contributed by atoms with Crippen LogP contribution in [0.2, 0.25) is 0 Å². The number of benzene rings is 2. The average molecular weight is 1100 g/mol. The van der Waals surface area contributed by atoms with Gasteiger partial charge in [0.25, 0.3) is 0 Å². The van der Waals surface area contributed by atoms with Crippen LogP contribution in [0.3, 0.4) is 0 Å². The molecule has 2 amide bonds. The molecule has 23 heteroatoms. The zero-order valence-electron chi connectivity index (χ0n) is 47.8. The number of pyridine rings is 2. The van der Waals surface area contributed by atoms with E-state index >= 15 is 0 Å². The van der Waals surface area contributed by atoms with Crippen LogP contribution in [0.1, 0.15) is 36.3 Å². The minimum absolute atomic E-state index is 0.140. The van der Waals surface area contributed by atoms with Crippen LogP contribution >= 0.6 is 0 Å². The maximum Gasteiger partial charge on any atom is 0.247 e. The zero-order valence-corrected chi connectivity index (χ0v) is 47.8. The number of rotatable bonds is 22. The van der Waals surface area contributed by atoms with Gasteiger partial charge in [0.15, 0.2) is 0 Å². The summed E-state index contributed by atoms with van der Waals surface area (Å²) in [6.45, 7) is 15.9. The maximum absolute atomic E-state index is 13.0. The third kappa shape index (κ3) is 11.7. The fraction of sp³-hybridized carbons (Fsp3) is 0.414. The standard InChI is InChI=1S/C58H73N19O4/c1-12-49(78)65-39-25-41(47(80-11)27-45(39)74(9)23-21-71(4)5)67-53-60-35-63-56(69-53)77-34-58(51-43(77)15-14-19-59-51)29-38(30-58)31-81-48-28-46(75(10)24-22-72(6)7)40(66-50(79)13-2)26-42(48)68-54-61-36-62-55(70-54)76-33-57(18-20-73(8)32-57)52-44(76)17-16-37(3)64-52/h12-17,19,25-28,35-36,38H,1-2,18,20-24,29-34H2,3-11H3,(H,65,78)(H,66,79)(H,60,63,67,69)(H,61,62,68,70). The highest BCUT2D eigenvalue weighted by Gasteiger charge is 2.54. The summed E-state index contributed by atoms with van der Waals surface area (Å²) in [6.07, 6.45) is 9.91. The Bertz CT molecular complexity index is 3330. The van der Waals surface area contributed by atoms with Crippen LogP contribution in [-0.2, 0) is 20.4 Å². The van der Waals surface area contributed by atoms with Crippen molar-refractivity contribution in [1.82, 2.24) is 54.6 Å². The van der Waals surface area contributed by atoms with E-state index < -0.39 is 0 Å². The van der Waals surface area contributed by atoms with Crippen molar-refractivity contribution in [2.45, 2.75) is 37.0 Å². The van der Waals surface area contributed by atoms with Gasteiger partial charge in [0.1, 0.15) is 24.2 Å². The Labute approximate surface area is 473 Å². The van der Waals surface area contributed by atoms with Crippen LogP contribution in [0.4, 0.5) is 69.3 Å². The number of carbonyl (C=O) groups excluding carboxylic acids is 2. The number of carbonyl (C=O) groups is 2. The number of fused-ring (bicyclic) bond motifs is 4. The summed E-state index contributed by atoms with van der Waals surface area (Å²) < 4.78 is 12.8. The van der Waals surface area contributed by atoms with Crippen LogP contribution in [0, 0.1) is 12.8 Å². The fourth-order valence-electron chi connectivity index (χ4n) is 11.5. The van der Waals surface area contributed by atoms with E-state index in [2.05, 4.69) is 103 Å². The first-order valence-corrected chi connectivity index (χ1v) is 27.2. The molecule has 1 saturated carbocycles. The molecular formula is C58H73N19O4. The minimum Gasteiger partial charge on any atom is -0.494 e. The van der Waals surface area contributed by atoms with E-state index in [1.54, 1.807) is 7.11 Å². The maximum atomic E-state index is 13.0. The van der Waals surface area contributed by atoms with E-state index in [0.717, 1.165) is 85.3 Å². The Kier molecular flexibility index (Phi) is 16.0. The van der Waals surface area contributed by atoms with Crippen molar-refractivity contribution in [1.29, 1.82) is 0 Å². The van der Waals surface area contributed by atoms with E-state index in [1.807, 2.05) is 91.8 Å².